The summed E-state index contributed by atoms with van der Waals surface area (Å²) in [7, 11) is 0. The summed E-state index contributed by atoms with van der Waals surface area (Å²) in [4.78, 5) is 18.9. The topological polar surface area (TPSA) is 83.6 Å². The first kappa shape index (κ1) is 15.4. The van der Waals surface area contributed by atoms with E-state index in [2.05, 4.69) is 51.5 Å². The molecule has 0 bridgehead atoms. The summed E-state index contributed by atoms with van der Waals surface area (Å²) < 4.78 is 0. The van der Waals surface area contributed by atoms with Crippen molar-refractivity contribution >= 4 is 22.4 Å². The number of thiazole rings is 1. The predicted octanol–water partition coefficient (Wildman–Crippen LogP) is 3.08. The summed E-state index contributed by atoms with van der Waals surface area (Å²) in [6.07, 6.45) is 2.13. The largest absolute Gasteiger partial charge is 0.300 e. The Morgan fingerprint density at radius 2 is 2.00 bits per heavy atom. The number of hydrogen-bond donors (Lipinski definition) is 2. The Labute approximate surface area is 137 Å². The fraction of sp³-hybridized carbons (Fsp3) is 0.250. The first-order chi connectivity index (χ1) is 11.1. The van der Waals surface area contributed by atoms with Gasteiger partial charge in [-0.05, 0) is 17.0 Å². The first-order valence-electron chi connectivity index (χ1n) is 7.33. The molecule has 0 unspecified atom stereocenters. The molecule has 0 atom stereocenters. The Bertz CT molecular complexity index is 824. The standard InChI is InChI=1S/C16H17N5OS/c1-10(2)12-5-3-11(4-6-12)9-13-14(22)18-15(21-20-13)19-16-17-7-8-23-16/h3-8,10H,9H2,1-2H3,(H2,17,18,19,21,22). The molecular weight excluding hydrogens is 310 g/mol. The Morgan fingerprint density at radius 3 is 2.61 bits per heavy atom. The lowest BCUT2D eigenvalue weighted by Crippen LogP contribution is -2.18. The van der Waals surface area contributed by atoms with Gasteiger partial charge in [0.25, 0.3) is 5.56 Å². The summed E-state index contributed by atoms with van der Waals surface area (Å²) in [5.74, 6) is 0.785. The molecule has 2 aromatic heterocycles. The maximum atomic E-state index is 12.1. The second-order valence-electron chi connectivity index (χ2n) is 5.48. The molecule has 6 nitrogen and oxygen atoms in total. The third-order valence-corrected chi connectivity index (χ3v) is 4.13. The smallest absolute Gasteiger partial charge is 0.274 e. The van der Waals surface area contributed by atoms with Crippen molar-refractivity contribution in [3.63, 3.8) is 0 Å². The average Bonchev–Trinajstić information content (AvgIpc) is 3.03. The molecular formula is C16H17N5OS. The molecule has 0 amide bonds. The van der Waals surface area contributed by atoms with Gasteiger partial charge in [-0.15, -0.1) is 21.5 Å². The van der Waals surface area contributed by atoms with Crippen molar-refractivity contribution in [3.05, 3.63) is 63.0 Å². The van der Waals surface area contributed by atoms with Gasteiger partial charge in [0.1, 0.15) is 5.69 Å². The van der Waals surface area contributed by atoms with Crippen LogP contribution in [0.3, 0.4) is 0 Å². The second kappa shape index (κ2) is 6.70. The van der Waals surface area contributed by atoms with Gasteiger partial charge in [-0.3, -0.25) is 9.78 Å². The minimum atomic E-state index is -0.244. The van der Waals surface area contributed by atoms with Crippen LogP contribution in [0.25, 0.3) is 0 Å². The molecule has 0 fully saturated rings. The van der Waals surface area contributed by atoms with Gasteiger partial charge in [-0.1, -0.05) is 38.1 Å². The molecule has 0 radical (unpaired) electrons. The third-order valence-electron chi connectivity index (χ3n) is 3.44. The lowest BCUT2D eigenvalue weighted by Gasteiger charge is -2.06. The molecule has 7 heteroatoms. The first-order valence-corrected chi connectivity index (χ1v) is 8.21. The zero-order valence-corrected chi connectivity index (χ0v) is 13.7. The molecule has 1 aromatic carbocycles. The number of rotatable bonds is 5. The number of anilines is 2. The SMILES string of the molecule is CC(C)c1ccc(Cc2nnc(Nc3nccs3)[nH]c2=O)cc1. The van der Waals surface area contributed by atoms with Crippen LogP contribution in [0.15, 0.2) is 40.6 Å². The number of benzene rings is 1. The minimum Gasteiger partial charge on any atom is -0.300 e. The van der Waals surface area contributed by atoms with E-state index in [9.17, 15) is 4.79 Å². The van der Waals surface area contributed by atoms with Gasteiger partial charge < -0.3 is 5.32 Å². The number of aromatic amines is 1. The number of nitrogens with one attached hydrogen (secondary N) is 2. The molecule has 2 heterocycles. The Hall–Kier alpha value is -2.54. The van der Waals surface area contributed by atoms with Crippen molar-refractivity contribution in [1.29, 1.82) is 0 Å². The van der Waals surface area contributed by atoms with Gasteiger partial charge in [-0.2, -0.15) is 0 Å². The van der Waals surface area contributed by atoms with Gasteiger partial charge in [0.15, 0.2) is 5.13 Å². The van der Waals surface area contributed by atoms with E-state index in [-0.39, 0.29) is 5.56 Å². The quantitative estimate of drug-likeness (QED) is 0.752. The summed E-state index contributed by atoms with van der Waals surface area (Å²) in [5.41, 5.74) is 2.46. The molecule has 118 valence electrons. The van der Waals surface area contributed by atoms with E-state index in [1.807, 2.05) is 17.5 Å². The van der Waals surface area contributed by atoms with Crippen LogP contribution in [-0.4, -0.2) is 20.2 Å². The second-order valence-corrected chi connectivity index (χ2v) is 6.38. The van der Waals surface area contributed by atoms with E-state index in [0.29, 0.717) is 29.1 Å². The van der Waals surface area contributed by atoms with Crippen LogP contribution in [0.5, 0.6) is 0 Å². The lowest BCUT2D eigenvalue weighted by atomic mass is 10.0. The third kappa shape index (κ3) is 3.81. The molecule has 0 aliphatic heterocycles. The minimum absolute atomic E-state index is 0.244. The van der Waals surface area contributed by atoms with Gasteiger partial charge in [0, 0.05) is 18.0 Å². The fourth-order valence-electron chi connectivity index (χ4n) is 2.13. The van der Waals surface area contributed by atoms with Crippen molar-refractivity contribution in [2.45, 2.75) is 26.2 Å². The van der Waals surface area contributed by atoms with Crippen molar-refractivity contribution in [1.82, 2.24) is 20.2 Å². The normalized spacial score (nSPS) is 10.9. The highest BCUT2D eigenvalue weighted by molar-refractivity contribution is 7.13. The van der Waals surface area contributed by atoms with Crippen molar-refractivity contribution in [2.24, 2.45) is 0 Å². The zero-order chi connectivity index (χ0) is 16.2. The molecule has 3 aromatic rings. The predicted molar refractivity (Wildman–Crippen MR) is 91.4 cm³/mol. The highest BCUT2D eigenvalue weighted by Gasteiger charge is 2.07. The van der Waals surface area contributed by atoms with Gasteiger partial charge in [0.2, 0.25) is 5.95 Å². The van der Waals surface area contributed by atoms with Crippen LogP contribution >= 0.6 is 11.3 Å². The van der Waals surface area contributed by atoms with Crippen molar-refractivity contribution in [2.75, 3.05) is 5.32 Å². The van der Waals surface area contributed by atoms with Crippen LogP contribution in [0, 0.1) is 0 Å². The molecule has 0 saturated carbocycles. The van der Waals surface area contributed by atoms with E-state index in [1.54, 1.807) is 6.20 Å². The van der Waals surface area contributed by atoms with E-state index in [1.165, 1.54) is 16.9 Å². The number of H-pyrrole nitrogens is 1. The zero-order valence-electron chi connectivity index (χ0n) is 12.9. The number of nitrogens with zero attached hydrogens (tertiary/aromatic N) is 3. The van der Waals surface area contributed by atoms with E-state index in [4.69, 9.17) is 0 Å². The van der Waals surface area contributed by atoms with E-state index >= 15 is 0 Å². The summed E-state index contributed by atoms with van der Waals surface area (Å²) in [5, 5.41) is 13.4. The molecule has 0 saturated heterocycles. The maximum Gasteiger partial charge on any atom is 0.274 e. The molecule has 3 rings (SSSR count). The number of hydrogen-bond acceptors (Lipinski definition) is 6. The maximum absolute atomic E-state index is 12.1. The van der Waals surface area contributed by atoms with Crippen LogP contribution in [0.4, 0.5) is 11.1 Å². The van der Waals surface area contributed by atoms with Gasteiger partial charge >= 0.3 is 0 Å². The monoisotopic (exact) mass is 327 g/mol. The highest BCUT2D eigenvalue weighted by atomic mass is 32.1. The summed E-state index contributed by atoms with van der Waals surface area (Å²) >= 11 is 1.42. The summed E-state index contributed by atoms with van der Waals surface area (Å²) in [6, 6.07) is 8.22. The van der Waals surface area contributed by atoms with E-state index < -0.39 is 0 Å². The molecule has 0 aliphatic rings. The highest BCUT2D eigenvalue weighted by Crippen LogP contribution is 2.16. The van der Waals surface area contributed by atoms with Crippen LogP contribution in [0.2, 0.25) is 0 Å². The van der Waals surface area contributed by atoms with Crippen LogP contribution in [0.1, 0.15) is 36.6 Å². The Balaban J connectivity index is 1.74. The van der Waals surface area contributed by atoms with Crippen molar-refractivity contribution in [3.8, 4) is 0 Å². The van der Waals surface area contributed by atoms with Gasteiger partial charge in [0.05, 0.1) is 0 Å². The average molecular weight is 327 g/mol. The fourth-order valence-corrected chi connectivity index (χ4v) is 2.66. The van der Waals surface area contributed by atoms with Gasteiger partial charge in [-0.25, -0.2) is 4.98 Å². The Kier molecular flexibility index (Phi) is 4.47. The lowest BCUT2D eigenvalue weighted by molar-refractivity contribution is 0.858. The Morgan fingerprint density at radius 1 is 1.22 bits per heavy atom. The molecule has 0 aliphatic carbocycles. The van der Waals surface area contributed by atoms with Crippen LogP contribution in [-0.2, 0) is 6.42 Å². The molecule has 0 spiro atoms. The number of aromatic nitrogens is 4. The molecule has 23 heavy (non-hydrogen) atoms. The molecule has 2 N–H and O–H groups in total. The van der Waals surface area contributed by atoms with Crippen molar-refractivity contribution < 1.29 is 0 Å². The van der Waals surface area contributed by atoms with Crippen LogP contribution < -0.4 is 10.9 Å². The summed E-state index contributed by atoms with van der Waals surface area (Å²) in [6.45, 7) is 4.30. The van der Waals surface area contributed by atoms with E-state index in [0.717, 1.165) is 5.56 Å².